The van der Waals surface area contributed by atoms with E-state index in [9.17, 15) is 9.59 Å². The molecule has 1 fully saturated rings. The number of primary amides is 1. The summed E-state index contributed by atoms with van der Waals surface area (Å²) in [5.41, 5.74) is 7.71. The Kier molecular flexibility index (Phi) is 4.93. The largest absolute Gasteiger partial charge is 0.368 e. The predicted octanol–water partition coefficient (Wildman–Crippen LogP) is 0.843. The van der Waals surface area contributed by atoms with Crippen LogP contribution in [0, 0.1) is 0 Å². The van der Waals surface area contributed by atoms with E-state index in [1.54, 1.807) is 4.90 Å². The number of nitrogens with zero attached hydrogens (tertiary/aromatic N) is 2. The van der Waals surface area contributed by atoms with Crippen LogP contribution in [0.5, 0.6) is 0 Å². The number of rotatable bonds is 4. The fraction of sp³-hybridized carbons (Fsp3) is 0.529. The molecule has 0 spiro atoms. The Morgan fingerprint density at radius 2 is 2.00 bits per heavy atom. The number of carbonyl (C=O) groups is 2. The van der Waals surface area contributed by atoms with Gasteiger partial charge in [-0.05, 0) is 24.0 Å². The number of fused-ring (bicyclic) bond motifs is 1. The molecule has 6 heteroatoms. The molecule has 2 heterocycles. The molecule has 0 radical (unpaired) electrons. The van der Waals surface area contributed by atoms with Crippen molar-refractivity contribution in [1.29, 1.82) is 0 Å². The molecular formula is C17H23N3O3. The SMILES string of the molecule is NC(=O)[C@@H]1Cc2ccccc2CN1C(=O)CCN1CCCCO1. The molecule has 0 bridgehead atoms. The van der Waals surface area contributed by atoms with Crippen LogP contribution in [0.25, 0.3) is 0 Å². The zero-order valence-corrected chi connectivity index (χ0v) is 13.2. The molecule has 0 unspecified atom stereocenters. The van der Waals surface area contributed by atoms with E-state index >= 15 is 0 Å². The van der Waals surface area contributed by atoms with E-state index in [0.29, 0.717) is 25.9 Å². The molecule has 6 nitrogen and oxygen atoms in total. The van der Waals surface area contributed by atoms with E-state index in [4.69, 9.17) is 10.6 Å². The topological polar surface area (TPSA) is 75.9 Å². The maximum Gasteiger partial charge on any atom is 0.240 e. The van der Waals surface area contributed by atoms with Crippen LogP contribution in [-0.4, -0.2) is 47.5 Å². The molecule has 124 valence electrons. The summed E-state index contributed by atoms with van der Waals surface area (Å²) in [5.74, 6) is -0.487. The number of carbonyl (C=O) groups excluding carboxylic acids is 2. The van der Waals surface area contributed by atoms with Crippen LogP contribution in [0.2, 0.25) is 0 Å². The van der Waals surface area contributed by atoms with Crippen LogP contribution in [0.3, 0.4) is 0 Å². The first-order valence-corrected chi connectivity index (χ1v) is 8.18. The van der Waals surface area contributed by atoms with Crippen molar-refractivity contribution in [2.24, 2.45) is 5.73 Å². The fourth-order valence-corrected chi connectivity index (χ4v) is 3.23. The van der Waals surface area contributed by atoms with Crippen LogP contribution in [0.15, 0.2) is 24.3 Å². The third-order valence-electron chi connectivity index (χ3n) is 4.55. The van der Waals surface area contributed by atoms with Gasteiger partial charge < -0.3 is 10.6 Å². The molecule has 2 aliphatic rings. The second-order valence-electron chi connectivity index (χ2n) is 6.13. The first-order valence-electron chi connectivity index (χ1n) is 8.18. The molecular weight excluding hydrogens is 294 g/mol. The number of hydrogen-bond donors (Lipinski definition) is 1. The molecule has 1 saturated heterocycles. The van der Waals surface area contributed by atoms with E-state index in [2.05, 4.69) is 0 Å². The minimum Gasteiger partial charge on any atom is -0.368 e. The summed E-state index contributed by atoms with van der Waals surface area (Å²) in [6.07, 6.45) is 3.00. The van der Waals surface area contributed by atoms with E-state index in [-0.39, 0.29) is 5.91 Å². The molecule has 23 heavy (non-hydrogen) atoms. The van der Waals surface area contributed by atoms with Gasteiger partial charge in [-0.1, -0.05) is 24.3 Å². The Morgan fingerprint density at radius 3 is 2.70 bits per heavy atom. The van der Waals surface area contributed by atoms with Gasteiger partial charge in [0.05, 0.1) is 6.61 Å². The minimum absolute atomic E-state index is 0.0440. The number of nitrogens with two attached hydrogens (primary N) is 1. The number of hydrogen-bond acceptors (Lipinski definition) is 4. The first kappa shape index (κ1) is 16.0. The summed E-state index contributed by atoms with van der Waals surface area (Å²) >= 11 is 0. The fourth-order valence-electron chi connectivity index (χ4n) is 3.23. The van der Waals surface area contributed by atoms with E-state index in [0.717, 1.165) is 37.1 Å². The molecule has 0 aliphatic carbocycles. The second kappa shape index (κ2) is 7.10. The number of hydroxylamine groups is 2. The van der Waals surface area contributed by atoms with E-state index in [1.165, 1.54) is 0 Å². The summed E-state index contributed by atoms with van der Waals surface area (Å²) in [5, 5.41) is 1.85. The van der Waals surface area contributed by atoms with Crippen molar-refractivity contribution in [3.8, 4) is 0 Å². The van der Waals surface area contributed by atoms with Gasteiger partial charge in [0.25, 0.3) is 0 Å². The zero-order chi connectivity index (χ0) is 16.2. The average Bonchev–Trinajstić information content (AvgIpc) is 2.59. The molecule has 2 aliphatic heterocycles. The van der Waals surface area contributed by atoms with Gasteiger partial charge in [-0.3, -0.25) is 14.4 Å². The van der Waals surface area contributed by atoms with Crippen molar-refractivity contribution in [2.45, 2.75) is 38.3 Å². The molecule has 0 saturated carbocycles. The Balaban J connectivity index is 1.66. The van der Waals surface area contributed by atoms with Gasteiger partial charge in [-0.15, -0.1) is 0 Å². The highest BCUT2D eigenvalue weighted by atomic mass is 16.7. The predicted molar refractivity (Wildman–Crippen MR) is 85.1 cm³/mol. The maximum absolute atomic E-state index is 12.6. The second-order valence-corrected chi connectivity index (χ2v) is 6.13. The summed E-state index contributed by atoms with van der Waals surface area (Å²) in [6.45, 7) is 2.58. The van der Waals surface area contributed by atoms with Gasteiger partial charge >= 0.3 is 0 Å². The number of benzene rings is 1. The summed E-state index contributed by atoms with van der Waals surface area (Å²) < 4.78 is 0. The Labute approximate surface area is 136 Å². The van der Waals surface area contributed by atoms with Crippen molar-refractivity contribution in [2.75, 3.05) is 19.7 Å². The average molecular weight is 317 g/mol. The Hall–Kier alpha value is -1.92. The quantitative estimate of drug-likeness (QED) is 0.893. The van der Waals surface area contributed by atoms with Crippen LogP contribution < -0.4 is 5.73 Å². The lowest BCUT2D eigenvalue weighted by atomic mass is 9.93. The molecule has 1 atom stereocenters. The van der Waals surface area contributed by atoms with Crippen molar-refractivity contribution in [3.63, 3.8) is 0 Å². The third kappa shape index (κ3) is 3.71. The van der Waals surface area contributed by atoms with Crippen molar-refractivity contribution in [1.82, 2.24) is 9.96 Å². The molecule has 3 rings (SSSR count). The van der Waals surface area contributed by atoms with Gasteiger partial charge in [0.15, 0.2) is 0 Å². The molecule has 0 aromatic heterocycles. The van der Waals surface area contributed by atoms with Crippen LogP contribution in [-0.2, 0) is 27.4 Å². The summed E-state index contributed by atoms with van der Waals surface area (Å²) in [4.78, 5) is 31.5. The smallest absolute Gasteiger partial charge is 0.240 e. The lowest BCUT2D eigenvalue weighted by Gasteiger charge is -2.35. The third-order valence-corrected chi connectivity index (χ3v) is 4.55. The summed E-state index contributed by atoms with van der Waals surface area (Å²) in [6, 6.07) is 7.34. The molecule has 1 aromatic rings. The number of amides is 2. The maximum atomic E-state index is 12.6. The van der Waals surface area contributed by atoms with Gasteiger partial charge in [0, 0.05) is 32.5 Å². The highest BCUT2D eigenvalue weighted by Crippen LogP contribution is 2.24. The Bertz CT molecular complexity index is 584. The molecule has 2 N–H and O–H groups in total. The first-order chi connectivity index (χ1) is 11.1. The zero-order valence-electron chi connectivity index (χ0n) is 13.2. The Morgan fingerprint density at radius 1 is 1.22 bits per heavy atom. The van der Waals surface area contributed by atoms with Crippen LogP contribution in [0.1, 0.15) is 30.4 Å². The lowest BCUT2D eigenvalue weighted by Crippen LogP contribution is -2.51. The highest BCUT2D eigenvalue weighted by Gasteiger charge is 2.33. The van der Waals surface area contributed by atoms with E-state index in [1.807, 2.05) is 29.3 Å². The lowest BCUT2D eigenvalue weighted by molar-refractivity contribution is -0.183. The van der Waals surface area contributed by atoms with Gasteiger partial charge in [0.2, 0.25) is 11.8 Å². The van der Waals surface area contributed by atoms with Crippen LogP contribution in [0.4, 0.5) is 0 Å². The van der Waals surface area contributed by atoms with Gasteiger partial charge in [-0.2, -0.15) is 5.06 Å². The van der Waals surface area contributed by atoms with Gasteiger partial charge in [0.1, 0.15) is 6.04 Å². The van der Waals surface area contributed by atoms with Gasteiger partial charge in [-0.25, -0.2) is 0 Å². The van der Waals surface area contributed by atoms with Crippen molar-refractivity contribution < 1.29 is 14.4 Å². The van der Waals surface area contributed by atoms with Crippen LogP contribution >= 0.6 is 0 Å². The highest BCUT2D eigenvalue weighted by molar-refractivity contribution is 5.87. The van der Waals surface area contributed by atoms with Crippen molar-refractivity contribution in [3.05, 3.63) is 35.4 Å². The monoisotopic (exact) mass is 317 g/mol. The standard InChI is InChI=1S/C17H23N3O3/c18-17(22)15-11-13-5-1-2-6-14(13)12-20(15)16(21)7-9-19-8-3-4-10-23-19/h1-2,5-6,15H,3-4,7-12H2,(H2,18,22)/t15-/m0/s1. The minimum atomic E-state index is -0.556. The molecule has 2 amide bonds. The van der Waals surface area contributed by atoms with E-state index < -0.39 is 11.9 Å². The molecule has 1 aromatic carbocycles. The van der Waals surface area contributed by atoms with Crippen molar-refractivity contribution >= 4 is 11.8 Å². The summed E-state index contributed by atoms with van der Waals surface area (Å²) in [7, 11) is 0. The normalized spacial score (nSPS) is 21.7.